The smallest absolute Gasteiger partial charge is 0.252 e. The van der Waals surface area contributed by atoms with Crippen molar-refractivity contribution in [1.29, 1.82) is 5.26 Å². The van der Waals surface area contributed by atoms with Gasteiger partial charge in [-0.15, -0.1) is 0 Å². The molecule has 0 saturated heterocycles. The standard InChI is InChI=1S/C22H17BrN6O2/c1-14-26-19(11-24)22(31-14)27-25-12-16-13-29(17-6-4-3-5-7-17)28-21(16)15-8-9-20(30-2)18(23)10-15/h3-10,12-13,27H,1-2H3. The van der Waals surface area contributed by atoms with Crippen molar-refractivity contribution in [3.63, 3.8) is 0 Å². The average Bonchev–Trinajstić information content (AvgIpc) is 3.37. The van der Waals surface area contributed by atoms with Crippen LogP contribution in [-0.2, 0) is 0 Å². The summed E-state index contributed by atoms with van der Waals surface area (Å²) in [6, 6.07) is 17.5. The number of rotatable bonds is 6. The van der Waals surface area contributed by atoms with Gasteiger partial charge in [0.2, 0.25) is 5.69 Å². The lowest BCUT2D eigenvalue weighted by atomic mass is 10.1. The van der Waals surface area contributed by atoms with E-state index in [1.807, 2.05) is 60.8 Å². The van der Waals surface area contributed by atoms with Crippen LogP contribution in [0.3, 0.4) is 0 Å². The van der Waals surface area contributed by atoms with Crippen LogP contribution in [-0.4, -0.2) is 28.1 Å². The fourth-order valence-corrected chi connectivity index (χ4v) is 3.51. The van der Waals surface area contributed by atoms with Gasteiger partial charge in [-0.1, -0.05) is 18.2 Å². The Balaban J connectivity index is 1.72. The molecule has 0 aliphatic carbocycles. The lowest BCUT2D eigenvalue weighted by Crippen LogP contribution is -1.94. The van der Waals surface area contributed by atoms with Gasteiger partial charge >= 0.3 is 0 Å². The molecule has 0 aliphatic heterocycles. The number of halogens is 1. The number of hydrogen-bond acceptors (Lipinski definition) is 7. The Morgan fingerprint density at radius 1 is 1.26 bits per heavy atom. The third-order valence-electron chi connectivity index (χ3n) is 4.40. The number of nitrogens with one attached hydrogen (secondary N) is 1. The maximum atomic E-state index is 9.15. The molecule has 4 aromatic rings. The van der Waals surface area contributed by atoms with Crippen LogP contribution in [0.25, 0.3) is 16.9 Å². The number of ether oxygens (including phenoxy) is 1. The Bertz CT molecular complexity index is 1290. The SMILES string of the molecule is COc1ccc(-c2nn(-c3ccccc3)cc2C=NNc2oc(C)nc2C#N)cc1Br. The molecule has 4 rings (SSSR count). The van der Waals surface area contributed by atoms with E-state index in [9.17, 15) is 0 Å². The number of hydrazone groups is 1. The molecule has 9 heteroatoms. The minimum absolute atomic E-state index is 0.147. The highest BCUT2D eigenvalue weighted by Gasteiger charge is 2.14. The second-order valence-electron chi connectivity index (χ2n) is 6.45. The van der Waals surface area contributed by atoms with E-state index in [4.69, 9.17) is 19.5 Å². The molecule has 1 N–H and O–H groups in total. The number of anilines is 1. The third kappa shape index (κ3) is 4.34. The predicted octanol–water partition coefficient (Wildman–Crippen LogP) is 4.92. The highest BCUT2D eigenvalue weighted by Crippen LogP contribution is 2.31. The highest BCUT2D eigenvalue weighted by molar-refractivity contribution is 9.10. The number of nitrogens with zero attached hydrogens (tertiary/aromatic N) is 5. The number of benzene rings is 2. The molecule has 0 aliphatic rings. The molecule has 0 atom stereocenters. The second kappa shape index (κ2) is 8.85. The van der Waals surface area contributed by atoms with E-state index in [1.165, 1.54) is 0 Å². The van der Waals surface area contributed by atoms with Crippen LogP contribution >= 0.6 is 15.9 Å². The summed E-state index contributed by atoms with van der Waals surface area (Å²) < 4.78 is 13.3. The van der Waals surface area contributed by atoms with Gasteiger partial charge < -0.3 is 9.15 Å². The number of oxazole rings is 1. The van der Waals surface area contributed by atoms with Crippen molar-refractivity contribution >= 4 is 28.0 Å². The first-order valence-corrected chi connectivity index (χ1v) is 10.0. The fourth-order valence-electron chi connectivity index (χ4n) is 2.97. The molecular weight excluding hydrogens is 460 g/mol. The van der Waals surface area contributed by atoms with Crippen LogP contribution in [0.15, 0.2) is 68.7 Å². The minimum atomic E-state index is 0.147. The van der Waals surface area contributed by atoms with Gasteiger partial charge in [-0.3, -0.25) is 0 Å². The summed E-state index contributed by atoms with van der Waals surface area (Å²) in [6.07, 6.45) is 3.50. The van der Waals surface area contributed by atoms with Gasteiger partial charge in [0.1, 0.15) is 17.5 Å². The van der Waals surface area contributed by atoms with Crippen molar-refractivity contribution < 1.29 is 9.15 Å². The van der Waals surface area contributed by atoms with E-state index in [0.29, 0.717) is 5.89 Å². The van der Waals surface area contributed by atoms with E-state index < -0.39 is 0 Å². The van der Waals surface area contributed by atoms with Gasteiger partial charge in [0.05, 0.1) is 23.5 Å². The Morgan fingerprint density at radius 2 is 2.06 bits per heavy atom. The Labute approximate surface area is 186 Å². The van der Waals surface area contributed by atoms with Crippen LogP contribution in [0, 0.1) is 18.3 Å². The fraction of sp³-hybridized carbons (Fsp3) is 0.0909. The van der Waals surface area contributed by atoms with E-state index in [2.05, 4.69) is 31.4 Å². The van der Waals surface area contributed by atoms with Crippen molar-refractivity contribution in [3.8, 4) is 28.8 Å². The predicted molar refractivity (Wildman–Crippen MR) is 120 cm³/mol. The maximum Gasteiger partial charge on any atom is 0.252 e. The normalized spacial score (nSPS) is 10.9. The van der Waals surface area contributed by atoms with Gasteiger partial charge in [-0.25, -0.2) is 15.1 Å². The zero-order chi connectivity index (χ0) is 21.8. The Morgan fingerprint density at radius 3 is 2.77 bits per heavy atom. The van der Waals surface area contributed by atoms with Gasteiger partial charge in [0.15, 0.2) is 5.89 Å². The molecule has 0 unspecified atom stereocenters. The molecule has 0 bridgehead atoms. The van der Waals surface area contributed by atoms with E-state index >= 15 is 0 Å². The lowest BCUT2D eigenvalue weighted by molar-refractivity contribution is 0.412. The van der Waals surface area contributed by atoms with Crippen LogP contribution in [0.4, 0.5) is 5.88 Å². The molecule has 8 nitrogen and oxygen atoms in total. The lowest BCUT2D eigenvalue weighted by Gasteiger charge is -2.05. The van der Waals surface area contributed by atoms with Crippen LogP contribution in [0.2, 0.25) is 0 Å². The van der Waals surface area contributed by atoms with Gasteiger partial charge in [-0.05, 0) is 46.3 Å². The molecule has 0 radical (unpaired) electrons. The first kappa shape index (κ1) is 20.4. The summed E-state index contributed by atoms with van der Waals surface area (Å²) in [6.45, 7) is 1.67. The number of aryl methyl sites for hydroxylation is 1. The van der Waals surface area contributed by atoms with Gasteiger partial charge in [-0.2, -0.15) is 15.5 Å². The summed E-state index contributed by atoms with van der Waals surface area (Å²) in [5.74, 6) is 1.31. The number of hydrogen-bond donors (Lipinski definition) is 1. The largest absolute Gasteiger partial charge is 0.496 e. The average molecular weight is 477 g/mol. The number of aromatic nitrogens is 3. The Hall–Kier alpha value is -3.90. The molecule has 31 heavy (non-hydrogen) atoms. The number of nitriles is 1. The van der Waals surface area contributed by atoms with E-state index in [1.54, 1.807) is 24.9 Å². The molecule has 2 heterocycles. The van der Waals surface area contributed by atoms with Gasteiger partial charge in [0.25, 0.3) is 5.88 Å². The molecule has 0 saturated carbocycles. The minimum Gasteiger partial charge on any atom is -0.496 e. The molecule has 0 fully saturated rings. The van der Waals surface area contributed by atoms with Crippen molar-refractivity contribution in [1.82, 2.24) is 14.8 Å². The third-order valence-corrected chi connectivity index (χ3v) is 5.02. The maximum absolute atomic E-state index is 9.15. The summed E-state index contributed by atoms with van der Waals surface area (Å²) >= 11 is 3.53. The van der Waals surface area contributed by atoms with E-state index in [-0.39, 0.29) is 11.6 Å². The monoisotopic (exact) mass is 476 g/mol. The molecule has 154 valence electrons. The number of para-hydroxylation sites is 1. The Kier molecular flexibility index (Phi) is 5.82. The summed E-state index contributed by atoms with van der Waals surface area (Å²) in [4.78, 5) is 3.99. The summed E-state index contributed by atoms with van der Waals surface area (Å²) in [5, 5.41) is 18.1. The zero-order valence-electron chi connectivity index (χ0n) is 16.7. The molecule has 0 amide bonds. The molecular formula is C22H17BrN6O2. The van der Waals surface area contributed by atoms with Crippen molar-refractivity contribution in [2.75, 3.05) is 12.5 Å². The van der Waals surface area contributed by atoms with Gasteiger partial charge in [0, 0.05) is 24.2 Å². The topological polar surface area (TPSA) is 101 Å². The van der Waals surface area contributed by atoms with E-state index in [0.717, 1.165) is 32.7 Å². The second-order valence-corrected chi connectivity index (χ2v) is 7.31. The molecule has 2 aromatic heterocycles. The number of methoxy groups -OCH3 is 1. The van der Waals surface area contributed by atoms with Crippen LogP contribution in [0.5, 0.6) is 5.75 Å². The first-order chi connectivity index (χ1) is 15.1. The first-order valence-electron chi connectivity index (χ1n) is 9.24. The quantitative estimate of drug-likeness (QED) is 0.312. The molecule has 0 spiro atoms. The van der Waals surface area contributed by atoms with Crippen molar-refractivity contribution in [2.24, 2.45) is 5.10 Å². The van der Waals surface area contributed by atoms with Crippen molar-refractivity contribution in [2.45, 2.75) is 6.92 Å². The van der Waals surface area contributed by atoms with Crippen molar-refractivity contribution in [3.05, 3.63) is 76.3 Å². The molecule has 2 aromatic carbocycles. The van der Waals surface area contributed by atoms with Crippen LogP contribution < -0.4 is 10.2 Å². The summed E-state index contributed by atoms with van der Waals surface area (Å²) in [7, 11) is 1.62. The zero-order valence-corrected chi connectivity index (χ0v) is 18.3. The highest BCUT2D eigenvalue weighted by atomic mass is 79.9. The van der Waals surface area contributed by atoms with Crippen LogP contribution in [0.1, 0.15) is 17.1 Å². The summed E-state index contributed by atoms with van der Waals surface area (Å²) in [5.41, 5.74) is 6.19.